The smallest absolute Gasteiger partial charge is 0.237 e. The predicted molar refractivity (Wildman–Crippen MR) is 104 cm³/mol. The van der Waals surface area contributed by atoms with Gasteiger partial charge in [0.2, 0.25) is 11.8 Å². The summed E-state index contributed by atoms with van der Waals surface area (Å²) in [6.45, 7) is 10.3. The number of amides is 2. The second kappa shape index (κ2) is 7.68. The number of rotatable bonds is 3. The molecule has 0 bridgehead atoms. The van der Waals surface area contributed by atoms with Gasteiger partial charge in [-0.05, 0) is 44.7 Å². The van der Waals surface area contributed by atoms with Gasteiger partial charge in [0.15, 0.2) is 0 Å². The molecule has 0 saturated carbocycles. The highest BCUT2D eigenvalue weighted by Crippen LogP contribution is 2.27. The SMILES string of the molecule is CC1CCN(C(=O)C(C)(C)C(=O)N2CCN(c3ccccc3)CC2)CC1. The molecule has 2 heterocycles. The summed E-state index contributed by atoms with van der Waals surface area (Å²) in [5, 5.41) is 0. The Labute approximate surface area is 156 Å². The second-order valence-electron chi connectivity index (χ2n) is 8.21. The molecule has 2 saturated heterocycles. The van der Waals surface area contributed by atoms with Crippen LogP contribution in [0.3, 0.4) is 0 Å². The van der Waals surface area contributed by atoms with Crippen LogP contribution < -0.4 is 4.90 Å². The maximum Gasteiger partial charge on any atom is 0.237 e. The van der Waals surface area contributed by atoms with Crippen molar-refractivity contribution in [3.8, 4) is 0 Å². The molecule has 2 aliphatic rings. The van der Waals surface area contributed by atoms with Crippen LogP contribution in [0, 0.1) is 11.3 Å². The predicted octanol–water partition coefficient (Wildman–Crippen LogP) is 2.62. The van der Waals surface area contributed by atoms with Gasteiger partial charge < -0.3 is 14.7 Å². The molecule has 142 valence electrons. The molecule has 0 spiro atoms. The molecule has 1 aromatic carbocycles. The number of hydrogen-bond acceptors (Lipinski definition) is 3. The number of benzene rings is 1. The van der Waals surface area contributed by atoms with Gasteiger partial charge >= 0.3 is 0 Å². The van der Waals surface area contributed by atoms with Crippen molar-refractivity contribution in [1.29, 1.82) is 0 Å². The number of piperazine rings is 1. The lowest BCUT2D eigenvalue weighted by molar-refractivity contribution is -0.155. The van der Waals surface area contributed by atoms with Gasteiger partial charge in [-0.15, -0.1) is 0 Å². The molecule has 0 atom stereocenters. The molecule has 2 fully saturated rings. The summed E-state index contributed by atoms with van der Waals surface area (Å²) in [7, 11) is 0. The van der Waals surface area contributed by atoms with E-state index in [-0.39, 0.29) is 11.8 Å². The molecule has 3 rings (SSSR count). The lowest BCUT2D eigenvalue weighted by Crippen LogP contribution is -2.56. The molecule has 0 aromatic heterocycles. The van der Waals surface area contributed by atoms with Crippen LogP contribution in [0.25, 0.3) is 0 Å². The molecule has 5 heteroatoms. The number of carbonyl (C=O) groups excluding carboxylic acids is 2. The van der Waals surface area contributed by atoms with Crippen molar-refractivity contribution in [1.82, 2.24) is 9.80 Å². The molecular weight excluding hydrogens is 326 g/mol. The number of carbonyl (C=O) groups is 2. The van der Waals surface area contributed by atoms with Crippen molar-refractivity contribution in [2.45, 2.75) is 33.6 Å². The van der Waals surface area contributed by atoms with Gasteiger partial charge in [-0.1, -0.05) is 25.1 Å². The maximum atomic E-state index is 13.1. The molecule has 0 unspecified atom stereocenters. The Kier molecular flexibility index (Phi) is 5.54. The number of piperidine rings is 1. The largest absolute Gasteiger partial charge is 0.368 e. The molecule has 0 aliphatic carbocycles. The van der Waals surface area contributed by atoms with Crippen LogP contribution in [0.5, 0.6) is 0 Å². The number of nitrogens with zero attached hydrogens (tertiary/aromatic N) is 3. The van der Waals surface area contributed by atoms with Gasteiger partial charge in [-0.3, -0.25) is 9.59 Å². The topological polar surface area (TPSA) is 43.9 Å². The number of para-hydroxylation sites is 1. The third-order valence-corrected chi connectivity index (χ3v) is 5.83. The van der Waals surface area contributed by atoms with Crippen LogP contribution in [0.2, 0.25) is 0 Å². The van der Waals surface area contributed by atoms with Crippen LogP contribution in [0.4, 0.5) is 5.69 Å². The maximum absolute atomic E-state index is 13.1. The van der Waals surface area contributed by atoms with E-state index in [9.17, 15) is 9.59 Å². The van der Waals surface area contributed by atoms with Crippen LogP contribution in [0.1, 0.15) is 33.6 Å². The Morgan fingerprint density at radius 2 is 1.35 bits per heavy atom. The first-order valence-corrected chi connectivity index (χ1v) is 9.78. The van der Waals surface area contributed by atoms with Gasteiger partial charge in [-0.2, -0.15) is 0 Å². The lowest BCUT2D eigenvalue weighted by atomic mass is 9.87. The van der Waals surface area contributed by atoms with E-state index in [1.807, 2.05) is 28.0 Å². The van der Waals surface area contributed by atoms with E-state index in [0.29, 0.717) is 19.0 Å². The summed E-state index contributed by atoms with van der Waals surface area (Å²) < 4.78 is 0. The van der Waals surface area contributed by atoms with E-state index >= 15 is 0 Å². The minimum atomic E-state index is -0.977. The van der Waals surface area contributed by atoms with Gasteiger partial charge in [0.1, 0.15) is 5.41 Å². The Morgan fingerprint density at radius 1 is 0.846 bits per heavy atom. The third kappa shape index (κ3) is 3.87. The molecule has 1 aromatic rings. The highest BCUT2D eigenvalue weighted by atomic mass is 16.2. The highest BCUT2D eigenvalue weighted by molar-refractivity contribution is 6.04. The van der Waals surface area contributed by atoms with Crippen molar-refractivity contribution >= 4 is 17.5 Å². The summed E-state index contributed by atoms with van der Waals surface area (Å²) in [5.41, 5.74) is 0.215. The van der Waals surface area contributed by atoms with Gasteiger partial charge in [0.05, 0.1) is 0 Å². The fraction of sp³-hybridized carbons (Fsp3) is 0.619. The average Bonchev–Trinajstić information content (AvgIpc) is 2.68. The highest BCUT2D eigenvalue weighted by Gasteiger charge is 2.42. The minimum absolute atomic E-state index is 0.0140. The number of anilines is 1. The summed E-state index contributed by atoms with van der Waals surface area (Å²) in [4.78, 5) is 32.1. The van der Waals surface area contributed by atoms with Crippen LogP contribution in [-0.4, -0.2) is 60.9 Å². The zero-order valence-corrected chi connectivity index (χ0v) is 16.3. The average molecular weight is 357 g/mol. The summed E-state index contributed by atoms with van der Waals surface area (Å²) in [5.74, 6) is 0.623. The van der Waals surface area contributed by atoms with Crippen molar-refractivity contribution in [3.63, 3.8) is 0 Å². The first-order valence-electron chi connectivity index (χ1n) is 9.78. The van der Waals surface area contributed by atoms with E-state index in [4.69, 9.17) is 0 Å². The Hall–Kier alpha value is -2.04. The van der Waals surface area contributed by atoms with Gasteiger partial charge in [-0.25, -0.2) is 0 Å². The Bertz CT molecular complexity index is 628. The van der Waals surface area contributed by atoms with Crippen molar-refractivity contribution < 1.29 is 9.59 Å². The van der Waals surface area contributed by atoms with E-state index in [1.165, 1.54) is 5.69 Å². The summed E-state index contributed by atoms with van der Waals surface area (Å²) >= 11 is 0. The Morgan fingerprint density at radius 3 is 1.88 bits per heavy atom. The molecule has 0 radical (unpaired) electrons. The lowest BCUT2D eigenvalue weighted by Gasteiger charge is -2.41. The van der Waals surface area contributed by atoms with E-state index < -0.39 is 5.41 Å². The molecule has 2 amide bonds. The number of likely N-dealkylation sites (tertiary alicyclic amines) is 1. The zero-order chi connectivity index (χ0) is 18.7. The minimum Gasteiger partial charge on any atom is -0.368 e. The summed E-state index contributed by atoms with van der Waals surface area (Å²) in [6.07, 6.45) is 2.07. The van der Waals surface area contributed by atoms with Crippen molar-refractivity contribution in [2.75, 3.05) is 44.2 Å². The van der Waals surface area contributed by atoms with Crippen molar-refractivity contribution in [3.05, 3.63) is 30.3 Å². The fourth-order valence-electron chi connectivity index (χ4n) is 3.90. The van der Waals surface area contributed by atoms with E-state index in [0.717, 1.165) is 39.0 Å². The van der Waals surface area contributed by atoms with Crippen molar-refractivity contribution in [2.24, 2.45) is 11.3 Å². The monoisotopic (exact) mass is 357 g/mol. The van der Waals surface area contributed by atoms with Crippen LogP contribution in [0.15, 0.2) is 30.3 Å². The molecular formula is C21H31N3O2. The van der Waals surface area contributed by atoms with Gasteiger partial charge in [0, 0.05) is 45.0 Å². The molecule has 2 aliphatic heterocycles. The van der Waals surface area contributed by atoms with Crippen LogP contribution in [-0.2, 0) is 9.59 Å². The third-order valence-electron chi connectivity index (χ3n) is 5.83. The normalized spacial score (nSPS) is 19.6. The second-order valence-corrected chi connectivity index (χ2v) is 8.21. The van der Waals surface area contributed by atoms with E-state index in [1.54, 1.807) is 13.8 Å². The standard InChI is InChI=1S/C21H31N3O2/c1-17-9-11-23(12-10-17)19(25)21(2,3)20(26)24-15-13-22(14-16-24)18-7-5-4-6-8-18/h4-8,17H,9-16H2,1-3H3. The quantitative estimate of drug-likeness (QED) is 0.781. The van der Waals surface area contributed by atoms with Gasteiger partial charge in [0.25, 0.3) is 0 Å². The Balaban J connectivity index is 1.59. The summed E-state index contributed by atoms with van der Waals surface area (Å²) in [6, 6.07) is 10.3. The fourth-order valence-corrected chi connectivity index (χ4v) is 3.90. The molecule has 0 N–H and O–H groups in total. The first-order chi connectivity index (χ1) is 12.4. The van der Waals surface area contributed by atoms with E-state index in [2.05, 4.69) is 24.0 Å². The first kappa shape index (κ1) is 18.7. The van der Waals surface area contributed by atoms with Crippen LogP contribution >= 0.6 is 0 Å². The molecule has 5 nitrogen and oxygen atoms in total. The zero-order valence-electron chi connectivity index (χ0n) is 16.3. The number of hydrogen-bond donors (Lipinski definition) is 0. The molecule has 26 heavy (non-hydrogen) atoms.